The first-order chi connectivity index (χ1) is 8.69. The van der Waals surface area contributed by atoms with Crippen molar-refractivity contribution in [2.45, 2.75) is 26.3 Å². The van der Waals surface area contributed by atoms with Crippen molar-refractivity contribution in [2.24, 2.45) is 0 Å². The minimum Gasteiger partial charge on any atom is -0.447 e. The Morgan fingerprint density at radius 2 is 2.28 bits per heavy atom. The predicted octanol–water partition coefficient (Wildman–Crippen LogP) is 2.10. The summed E-state index contributed by atoms with van der Waals surface area (Å²) in [7, 11) is 1.89. The Hall–Kier alpha value is -1.55. The summed E-state index contributed by atoms with van der Waals surface area (Å²) in [4.78, 5) is 13.8. The normalized spacial score (nSPS) is 19.2. The van der Waals surface area contributed by atoms with Gasteiger partial charge in [-0.3, -0.25) is 4.90 Å². The summed E-state index contributed by atoms with van der Waals surface area (Å²) in [5.74, 6) is 0. The maximum atomic E-state index is 12.0. The average Bonchev–Trinajstić information content (AvgIpc) is 2.71. The number of nitrogens with zero attached hydrogens (tertiary/aromatic N) is 1. The van der Waals surface area contributed by atoms with Gasteiger partial charge in [0.25, 0.3) is 0 Å². The molecule has 2 rings (SSSR count). The first-order valence-corrected chi connectivity index (χ1v) is 6.38. The second kappa shape index (κ2) is 5.40. The van der Waals surface area contributed by atoms with Crippen molar-refractivity contribution >= 4 is 11.8 Å². The fourth-order valence-corrected chi connectivity index (χ4v) is 2.47. The molecule has 1 aliphatic rings. The number of anilines is 1. The number of rotatable bonds is 4. The van der Waals surface area contributed by atoms with Crippen LogP contribution >= 0.6 is 0 Å². The first-order valence-electron chi connectivity index (χ1n) is 6.38. The van der Waals surface area contributed by atoms with Gasteiger partial charge in [0, 0.05) is 6.54 Å². The number of aryl methyl sites for hydroxylation is 2. The van der Waals surface area contributed by atoms with E-state index in [4.69, 9.17) is 4.74 Å². The lowest BCUT2D eigenvalue weighted by molar-refractivity contribution is 0.178. The van der Waals surface area contributed by atoms with Crippen LogP contribution in [0.4, 0.5) is 10.5 Å². The summed E-state index contributed by atoms with van der Waals surface area (Å²) < 4.78 is 5.19. The van der Waals surface area contributed by atoms with E-state index in [2.05, 4.69) is 18.3 Å². The van der Waals surface area contributed by atoms with Gasteiger partial charge in [-0.1, -0.05) is 25.1 Å². The van der Waals surface area contributed by atoms with Gasteiger partial charge >= 0.3 is 6.09 Å². The van der Waals surface area contributed by atoms with E-state index in [9.17, 15) is 4.79 Å². The van der Waals surface area contributed by atoms with Crippen LogP contribution in [0.2, 0.25) is 0 Å². The molecule has 1 saturated heterocycles. The van der Waals surface area contributed by atoms with Crippen molar-refractivity contribution in [3.63, 3.8) is 0 Å². The third-order valence-electron chi connectivity index (χ3n) is 3.34. The molecule has 0 aliphatic carbocycles. The van der Waals surface area contributed by atoms with Gasteiger partial charge in [0.05, 0.1) is 11.7 Å². The Morgan fingerprint density at radius 3 is 2.94 bits per heavy atom. The molecule has 4 nitrogen and oxygen atoms in total. The number of amides is 1. The zero-order valence-electron chi connectivity index (χ0n) is 11.2. The van der Waals surface area contributed by atoms with Crippen LogP contribution in [0.15, 0.2) is 18.2 Å². The summed E-state index contributed by atoms with van der Waals surface area (Å²) in [5, 5.41) is 3.11. The fourth-order valence-electron chi connectivity index (χ4n) is 2.47. The second-order valence-corrected chi connectivity index (χ2v) is 4.59. The van der Waals surface area contributed by atoms with Crippen LogP contribution in [-0.2, 0) is 11.2 Å². The summed E-state index contributed by atoms with van der Waals surface area (Å²) in [6.45, 7) is 5.34. The van der Waals surface area contributed by atoms with Crippen LogP contribution in [0.3, 0.4) is 0 Å². The molecule has 18 heavy (non-hydrogen) atoms. The Bertz CT molecular complexity index is 445. The molecule has 0 radical (unpaired) electrons. The van der Waals surface area contributed by atoms with E-state index in [1.54, 1.807) is 4.90 Å². The molecule has 98 valence electrons. The van der Waals surface area contributed by atoms with Gasteiger partial charge in [0.1, 0.15) is 6.61 Å². The Balaban J connectivity index is 2.42. The SMILES string of the molecule is CCc1cccc(C)c1N1C(=O)OCC1CNC. The molecule has 1 aromatic rings. The zero-order valence-corrected chi connectivity index (χ0v) is 11.2. The number of benzene rings is 1. The molecule has 1 unspecified atom stereocenters. The number of ether oxygens (including phenoxy) is 1. The summed E-state index contributed by atoms with van der Waals surface area (Å²) in [6, 6.07) is 6.22. The minimum atomic E-state index is -0.237. The number of likely N-dealkylation sites (N-methyl/N-ethyl adjacent to an activating group) is 1. The average molecular weight is 248 g/mol. The monoisotopic (exact) mass is 248 g/mol. The van der Waals surface area contributed by atoms with E-state index in [0.717, 1.165) is 24.2 Å². The van der Waals surface area contributed by atoms with E-state index in [1.165, 1.54) is 5.56 Å². The molecule has 0 bridgehead atoms. The Labute approximate surface area is 108 Å². The molecule has 1 aromatic carbocycles. The van der Waals surface area contributed by atoms with Gasteiger partial charge in [0.2, 0.25) is 0 Å². The summed E-state index contributed by atoms with van der Waals surface area (Å²) in [6.07, 6.45) is 0.673. The topological polar surface area (TPSA) is 41.6 Å². The lowest BCUT2D eigenvalue weighted by Gasteiger charge is -2.25. The standard InChI is InChI=1S/C14H20N2O2/c1-4-11-7-5-6-10(2)13(11)16-12(8-15-3)9-18-14(16)17/h5-7,12,15H,4,8-9H2,1-3H3. The molecule has 4 heteroatoms. The first kappa shape index (κ1) is 12.9. The lowest BCUT2D eigenvalue weighted by atomic mass is 10.0. The third-order valence-corrected chi connectivity index (χ3v) is 3.34. The fraction of sp³-hybridized carbons (Fsp3) is 0.500. The zero-order chi connectivity index (χ0) is 13.1. The number of hydrogen-bond acceptors (Lipinski definition) is 3. The number of nitrogens with one attached hydrogen (secondary N) is 1. The van der Waals surface area contributed by atoms with Crippen LogP contribution in [0.5, 0.6) is 0 Å². The third kappa shape index (κ3) is 2.20. The number of carbonyl (C=O) groups excluding carboxylic acids is 1. The smallest absolute Gasteiger partial charge is 0.414 e. The second-order valence-electron chi connectivity index (χ2n) is 4.59. The largest absolute Gasteiger partial charge is 0.447 e. The molecular weight excluding hydrogens is 228 g/mol. The van der Waals surface area contributed by atoms with Gasteiger partial charge < -0.3 is 10.1 Å². The van der Waals surface area contributed by atoms with Crippen LogP contribution in [0, 0.1) is 6.92 Å². The maximum Gasteiger partial charge on any atom is 0.414 e. The maximum absolute atomic E-state index is 12.0. The van der Waals surface area contributed by atoms with Crippen LogP contribution in [0.25, 0.3) is 0 Å². The number of carbonyl (C=O) groups is 1. The van der Waals surface area contributed by atoms with Crippen LogP contribution in [0.1, 0.15) is 18.1 Å². The summed E-state index contributed by atoms with van der Waals surface area (Å²) in [5.41, 5.74) is 3.33. The van der Waals surface area contributed by atoms with Gasteiger partial charge in [-0.05, 0) is 31.5 Å². The molecule has 1 fully saturated rings. The van der Waals surface area contributed by atoms with E-state index >= 15 is 0 Å². The highest BCUT2D eigenvalue weighted by Gasteiger charge is 2.35. The minimum absolute atomic E-state index is 0.0777. The molecule has 0 saturated carbocycles. The van der Waals surface area contributed by atoms with E-state index < -0.39 is 0 Å². The van der Waals surface area contributed by atoms with Crippen molar-refractivity contribution in [1.82, 2.24) is 5.32 Å². The highest BCUT2D eigenvalue weighted by atomic mass is 16.6. The molecule has 0 aromatic heterocycles. The highest BCUT2D eigenvalue weighted by Crippen LogP contribution is 2.30. The number of cyclic esters (lactones) is 1. The molecule has 1 N–H and O–H groups in total. The van der Waals surface area contributed by atoms with Crippen molar-refractivity contribution in [1.29, 1.82) is 0 Å². The number of hydrogen-bond donors (Lipinski definition) is 1. The molecule has 1 aliphatic heterocycles. The van der Waals surface area contributed by atoms with Crippen LogP contribution < -0.4 is 10.2 Å². The van der Waals surface area contributed by atoms with E-state index in [1.807, 2.05) is 26.1 Å². The molecular formula is C14H20N2O2. The van der Waals surface area contributed by atoms with Gasteiger partial charge in [-0.25, -0.2) is 4.79 Å². The van der Waals surface area contributed by atoms with E-state index in [-0.39, 0.29) is 12.1 Å². The van der Waals surface area contributed by atoms with Crippen molar-refractivity contribution < 1.29 is 9.53 Å². The lowest BCUT2D eigenvalue weighted by Crippen LogP contribution is -2.40. The Morgan fingerprint density at radius 1 is 1.50 bits per heavy atom. The van der Waals surface area contributed by atoms with Gasteiger partial charge in [0.15, 0.2) is 0 Å². The molecule has 1 amide bonds. The van der Waals surface area contributed by atoms with Crippen molar-refractivity contribution in [3.8, 4) is 0 Å². The molecule has 1 heterocycles. The highest BCUT2D eigenvalue weighted by molar-refractivity contribution is 5.92. The van der Waals surface area contributed by atoms with Crippen LogP contribution in [-0.4, -0.2) is 32.3 Å². The van der Waals surface area contributed by atoms with Crippen molar-refractivity contribution in [2.75, 3.05) is 25.1 Å². The summed E-state index contributed by atoms with van der Waals surface area (Å²) >= 11 is 0. The van der Waals surface area contributed by atoms with Gasteiger partial charge in [-0.15, -0.1) is 0 Å². The predicted molar refractivity (Wildman–Crippen MR) is 72.1 cm³/mol. The molecule has 0 spiro atoms. The van der Waals surface area contributed by atoms with Gasteiger partial charge in [-0.2, -0.15) is 0 Å². The van der Waals surface area contributed by atoms with Crippen molar-refractivity contribution in [3.05, 3.63) is 29.3 Å². The Kier molecular flexibility index (Phi) is 3.87. The van der Waals surface area contributed by atoms with E-state index in [0.29, 0.717) is 6.61 Å². The quantitative estimate of drug-likeness (QED) is 0.887. The molecule has 1 atom stereocenters. The number of para-hydroxylation sites is 1.